The lowest BCUT2D eigenvalue weighted by Crippen LogP contribution is -2.23. The van der Waals surface area contributed by atoms with Gasteiger partial charge in [-0.1, -0.05) is 24.3 Å². The van der Waals surface area contributed by atoms with Gasteiger partial charge in [0.15, 0.2) is 0 Å². The van der Waals surface area contributed by atoms with E-state index in [-0.39, 0.29) is 13.2 Å². The van der Waals surface area contributed by atoms with E-state index >= 15 is 0 Å². The summed E-state index contributed by atoms with van der Waals surface area (Å²) in [5.74, 6) is 0.744. The molecule has 17 heavy (non-hydrogen) atoms. The third kappa shape index (κ3) is 2.72. The molecule has 0 radical (unpaired) electrons. The number of anilines is 1. The van der Waals surface area contributed by atoms with Gasteiger partial charge in [-0.2, -0.15) is 0 Å². The maximum Gasteiger partial charge on any atom is 0.134 e. The molecule has 0 fully saturated rings. The minimum Gasteiger partial charge on any atom is -0.394 e. The van der Waals surface area contributed by atoms with Crippen LogP contribution in [0.3, 0.4) is 0 Å². The topological polar surface area (TPSA) is 65.4 Å². The summed E-state index contributed by atoms with van der Waals surface area (Å²) in [5, 5.41) is 23.3. The van der Waals surface area contributed by atoms with Crippen molar-refractivity contribution in [3.05, 3.63) is 36.0 Å². The maximum absolute atomic E-state index is 9.32. The second kappa shape index (κ2) is 5.12. The van der Waals surface area contributed by atoms with Crippen molar-refractivity contribution in [3.63, 3.8) is 0 Å². The molecule has 90 valence electrons. The molecule has 3 N–H and O–H groups in total. The lowest BCUT2D eigenvalue weighted by Gasteiger charge is -2.12. The highest BCUT2D eigenvalue weighted by Gasteiger charge is 2.06. The van der Waals surface area contributed by atoms with E-state index in [2.05, 4.69) is 10.3 Å². The molecule has 2 rings (SSSR count). The number of fused-ring (bicyclic) bond motifs is 1. The van der Waals surface area contributed by atoms with E-state index in [4.69, 9.17) is 5.11 Å². The van der Waals surface area contributed by atoms with Gasteiger partial charge in [0.2, 0.25) is 0 Å². The van der Waals surface area contributed by atoms with Crippen molar-refractivity contribution in [1.29, 1.82) is 0 Å². The van der Waals surface area contributed by atoms with Crippen molar-refractivity contribution in [3.8, 4) is 0 Å². The first-order valence-corrected chi connectivity index (χ1v) is 5.60. The fraction of sp³-hybridized carbons (Fsp3) is 0.308. The Balaban J connectivity index is 2.32. The number of nitrogens with zero attached hydrogens (tertiary/aromatic N) is 1. The Morgan fingerprint density at radius 3 is 2.88 bits per heavy atom. The Hall–Kier alpha value is -1.65. The van der Waals surface area contributed by atoms with Gasteiger partial charge in [-0.25, -0.2) is 4.98 Å². The van der Waals surface area contributed by atoms with Gasteiger partial charge in [0.1, 0.15) is 5.82 Å². The van der Waals surface area contributed by atoms with E-state index < -0.39 is 6.10 Å². The molecule has 1 aromatic carbocycles. The van der Waals surface area contributed by atoms with Gasteiger partial charge in [0.25, 0.3) is 0 Å². The van der Waals surface area contributed by atoms with Crippen molar-refractivity contribution in [2.24, 2.45) is 0 Å². The van der Waals surface area contributed by atoms with Crippen LogP contribution in [-0.4, -0.2) is 34.5 Å². The number of hydrogen-bond donors (Lipinski definition) is 3. The van der Waals surface area contributed by atoms with Crippen LogP contribution in [0.15, 0.2) is 30.3 Å². The van der Waals surface area contributed by atoms with E-state index in [1.807, 2.05) is 37.3 Å². The summed E-state index contributed by atoms with van der Waals surface area (Å²) < 4.78 is 0. The Labute approximate surface area is 99.9 Å². The van der Waals surface area contributed by atoms with Crippen LogP contribution in [0, 0.1) is 6.92 Å². The van der Waals surface area contributed by atoms with Crippen LogP contribution in [0.5, 0.6) is 0 Å². The van der Waals surface area contributed by atoms with Gasteiger partial charge in [-0.15, -0.1) is 0 Å². The summed E-state index contributed by atoms with van der Waals surface area (Å²) in [5.41, 5.74) is 0.921. The summed E-state index contributed by atoms with van der Waals surface area (Å²) in [6.07, 6.45) is -0.768. The lowest BCUT2D eigenvalue weighted by molar-refractivity contribution is 0.105. The zero-order valence-corrected chi connectivity index (χ0v) is 9.72. The van der Waals surface area contributed by atoms with Gasteiger partial charge in [0, 0.05) is 17.6 Å². The molecule has 0 bridgehead atoms. The zero-order valence-electron chi connectivity index (χ0n) is 9.72. The molecular formula is C13H16N2O2. The predicted octanol–water partition coefficient (Wildman–Crippen LogP) is 1.31. The van der Waals surface area contributed by atoms with Crippen LogP contribution in [-0.2, 0) is 0 Å². The molecule has 0 spiro atoms. The standard InChI is InChI=1S/C13H16N2O2/c1-9-6-10-4-2-3-5-12(10)13(15-9)14-7-11(17)8-16/h2-6,11,16-17H,7-8H2,1H3,(H,14,15)/t11-/m0/s1. The van der Waals surface area contributed by atoms with E-state index in [1.165, 1.54) is 0 Å². The minimum atomic E-state index is -0.768. The molecule has 0 saturated carbocycles. The Morgan fingerprint density at radius 1 is 1.35 bits per heavy atom. The van der Waals surface area contributed by atoms with Gasteiger partial charge >= 0.3 is 0 Å². The highest BCUT2D eigenvalue weighted by atomic mass is 16.3. The van der Waals surface area contributed by atoms with Crippen LogP contribution in [0.2, 0.25) is 0 Å². The number of aliphatic hydroxyl groups is 2. The molecule has 0 aliphatic heterocycles. The summed E-state index contributed by atoms with van der Waals surface area (Å²) in [6, 6.07) is 9.96. The fourth-order valence-corrected chi connectivity index (χ4v) is 1.75. The number of nitrogens with one attached hydrogen (secondary N) is 1. The molecule has 1 heterocycles. The van der Waals surface area contributed by atoms with Gasteiger partial charge in [-0.05, 0) is 18.4 Å². The fourth-order valence-electron chi connectivity index (χ4n) is 1.75. The molecule has 0 aliphatic rings. The van der Waals surface area contributed by atoms with Crippen molar-refractivity contribution >= 4 is 16.6 Å². The van der Waals surface area contributed by atoms with Gasteiger partial charge in [0.05, 0.1) is 12.7 Å². The third-order valence-corrected chi connectivity index (χ3v) is 2.58. The molecule has 4 heteroatoms. The van der Waals surface area contributed by atoms with E-state index in [0.717, 1.165) is 22.3 Å². The first-order chi connectivity index (χ1) is 8.20. The first-order valence-electron chi connectivity index (χ1n) is 5.60. The number of hydrogen-bond acceptors (Lipinski definition) is 4. The third-order valence-electron chi connectivity index (χ3n) is 2.58. The second-order valence-corrected chi connectivity index (χ2v) is 4.05. The molecule has 0 unspecified atom stereocenters. The number of benzene rings is 1. The smallest absolute Gasteiger partial charge is 0.134 e. The SMILES string of the molecule is Cc1cc2ccccc2c(NC[C@H](O)CO)n1. The highest BCUT2D eigenvalue weighted by Crippen LogP contribution is 2.22. The van der Waals surface area contributed by atoms with E-state index in [0.29, 0.717) is 0 Å². The highest BCUT2D eigenvalue weighted by molar-refractivity contribution is 5.92. The Bertz CT molecular complexity index is 514. The van der Waals surface area contributed by atoms with E-state index in [9.17, 15) is 5.11 Å². The molecule has 4 nitrogen and oxygen atoms in total. The van der Waals surface area contributed by atoms with Crippen molar-refractivity contribution in [1.82, 2.24) is 4.98 Å². The molecular weight excluding hydrogens is 216 g/mol. The number of aryl methyl sites for hydroxylation is 1. The Morgan fingerprint density at radius 2 is 2.12 bits per heavy atom. The quantitative estimate of drug-likeness (QED) is 0.743. The minimum absolute atomic E-state index is 0.253. The predicted molar refractivity (Wildman–Crippen MR) is 68.1 cm³/mol. The largest absolute Gasteiger partial charge is 0.394 e. The van der Waals surface area contributed by atoms with Crippen molar-refractivity contribution in [2.45, 2.75) is 13.0 Å². The first kappa shape index (κ1) is 11.8. The summed E-state index contributed by atoms with van der Waals surface area (Å²) in [6.45, 7) is 1.97. The number of aliphatic hydroxyl groups excluding tert-OH is 2. The van der Waals surface area contributed by atoms with Crippen molar-refractivity contribution in [2.75, 3.05) is 18.5 Å². The van der Waals surface area contributed by atoms with Gasteiger partial charge < -0.3 is 15.5 Å². The maximum atomic E-state index is 9.32. The summed E-state index contributed by atoms with van der Waals surface area (Å²) in [4.78, 5) is 4.40. The molecule has 1 atom stereocenters. The lowest BCUT2D eigenvalue weighted by atomic mass is 10.1. The number of pyridine rings is 1. The monoisotopic (exact) mass is 232 g/mol. The molecule has 0 amide bonds. The summed E-state index contributed by atoms with van der Waals surface area (Å²) in [7, 11) is 0. The van der Waals surface area contributed by atoms with Gasteiger partial charge in [-0.3, -0.25) is 0 Å². The van der Waals surface area contributed by atoms with E-state index in [1.54, 1.807) is 0 Å². The summed E-state index contributed by atoms with van der Waals surface area (Å²) >= 11 is 0. The van der Waals surface area contributed by atoms with Crippen LogP contribution < -0.4 is 5.32 Å². The Kier molecular flexibility index (Phi) is 3.56. The van der Waals surface area contributed by atoms with Crippen LogP contribution in [0.1, 0.15) is 5.69 Å². The number of rotatable bonds is 4. The average Bonchev–Trinajstić information content (AvgIpc) is 2.35. The van der Waals surface area contributed by atoms with Crippen LogP contribution in [0.25, 0.3) is 10.8 Å². The normalized spacial score (nSPS) is 12.6. The second-order valence-electron chi connectivity index (χ2n) is 4.05. The average molecular weight is 232 g/mol. The van der Waals surface area contributed by atoms with Crippen LogP contribution >= 0.6 is 0 Å². The molecule has 0 saturated heterocycles. The molecule has 2 aromatic rings. The van der Waals surface area contributed by atoms with Crippen LogP contribution in [0.4, 0.5) is 5.82 Å². The molecule has 0 aliphatic carbocycles. The van der Waals surface area contributed by atoms with Crippen molar-refractivity contribution < 1.29 is 10.2 Å². The molecule has 1 aromatic heterocycles. The number of aromatic nitrogens is 1. The zero-order chi connectivity index (χ0) is 12.3.